The number of esters is 3. The van der Waals surface area contributed by atoms with Crippen molar-refractivity contribution >= 4 is 58.5 Å². The lowest BCUT2D eigenvalue weighted by atomic mass is 9.97. The summed E-state index contributed by atoms with van der Waals surface area (Å²) < 4.78 is 39.6. The molecule has 0 spiro atoms. The van der Waals surface area contributed by atoms with Crippen LogP contribution in [0.3, 0.4) is 0 Å². The van der Waals surface area contributed by atoms with Gasteiger partial charge in [-0.2, -0.15) is 0 Å². The number of carbonyl (C=O) groups excluding carboxylic acids is 4. The van der Waals surface area contributed by atoms with E-state index in [2.05, 4.69) is 5.32 Å². The first-order valence-electron chi connectivity index (χ1n) is 15.9. The molecule has 12 nitrogen and oxygen atoms in total. The maximum absolute atomic E-state index is 13.6. The molecule has 0 radical (unpaired) electrons. The number of benzene rings is 3. The van der Waals surface area contributed by atoms with Crippen LogP contribution in [0.5, 0.6) is 5.75 Å². The number of hydrogen-bond acceptors (Lipinski definition) is 12. The molecule has 15 heteroatoms. The normalized spacial score (nSPS) is 20.2. The number of halogens is 3. The maximum Gasteiger partial charge on any atom is 0.338 e. The van der Waals surface area contributed by atoms with Crippen molar-refractivity contribution in [2.45, 2.75) is 60.9 Å². The number of ether oxygens (including phenoxy) is 7. The summed E-state index contributed by atoms with van der Waals surface area (Å²) in [6.45, 7) is 0.883. The summed E-state index contributed by atoms with van der Waals surface area (Å²) in [6.07, 6.45) is -7.29. The molecule has 1 heterocycles. The predicted octanol–water partition coefficient (Wildman–Crippen LogP) is 5.60. The van der Waals surface area contributed by atoms with Crippen molar-refractivity contribution in [3.05, 3.63) is 102 Å². The van der Waals surface area contributed by atoms with Gasteiger partial charge >= 0.3 is 17.9 Å². The predicted molar refractivity (Wildman–Crippen MR) is 187 cm³/mol. The van der Waals surface area contributed by atoms with Crippen LogP contribution in [-0.4, -0.2) is 85.2 Å². The SMILES string of the molecule is COc1ccc(COC[C@H]2O[C@@H](OCNCC(Cl)(Cl)Cl)[C@H](OC(=O)c3ccccc3)[C@@H](OC(=O)c3ccccc3)[C@@H]2OC(=O)CCC(C)=O)cc1. The Labute approximate surface area is 310 Å². The van der Waals surface area contributed by atoms with E-state index in [-0.39, 0.29) is 56.2 Å². The number of hydrogen-bond donors (Lipinski definition) is 1. The van der Waals surface area contributed by atoms with E-state index in [4.69, 9.17) is 68.0 Å². The van der Waals surface area contributed by atoms with Crippen LogP contribution in [0, 0.1) is 0 Å². The van der Waals surface area contributed by atoms with Gasteiger partial charge in [0.1, 0.15) is 24.4 Å². The highest BCUT2D eigenvalue weighted by molar-refractivity contribution is 6.67. The van der Waals surface area contributed by atoms with Gasteiger partial charge < -0.3 is 38.0 Å². The quantitative estimate of drug-likeness (QED) is 0.0600. The molecule has 1 aliphatic rings. The minimum absolute atomic E-state index is 0.0907. The summed E-state index contributed by atoms with van der Waals surface area (Å²) in [5, 5.41) is 2.81. The first kappa shape index (κ1) is 40.0. The molecular weight excluding hydrogens is 729 g/mol. The van der Waals surface area contributed by atoms with E-state index in [0.29, 0.717) is 5.75 Å². The van der Waals surface area contributed by atoms with Crippen molar-refractivity contribution in [2.24, 2.45) is 0 Å². The number of carbonyl (C=O) groups is 4. The van der Waals surface area contributed by atoms with E-state index in [1.165, 1.54) is 31.2 Å². The second-order valence-electron chi connectivity index (χ2n) is 11.4. The number of alkyl halides is 3. The van der Waals surface area contributed by atoms with Gasteiger partial charge in [-0.05, 0) is 48.9 Å². The van der Waals surface area contributed by atoms with Gasteiger partial charge in [0.25, 0.3) is 0 Å². The molecule has 1 N–H and O–H groups in total. The Morgan fingerprint density at radius 2 is 1.35 bits per heavy atom. The fraction of sp³-hybridized carbons (Fsp3) is 0.389. The molecule has 3 aromatic carbocycles. The molecule has 4 rings (SSSR count). The van der Waals surface area contributed by atoms with E-state index in [1.54, 1.807) is 55.6 Å². The lowest BCUT2D eigenvalue weighted by Crippen LogP contribution is -2.63. The van der Waals surface area contributed by atoms with Crippen LogP contribution in [0.1, 0.15) is 46.0 Å². The van der Waals surface area contributed by atoms with Crippen molar-refractivity contribution in [2.75, 3.05) is 27.0 Å². The second kappa shape index (κ2) is 19.7. The molecule has 0 aliphatic carbocycles. The van der Waals surface area contributed by atoms with Gasteiger partial charge in [-0.15, -0.1) is 0 Å². The zero-order valence-electron chi connectivity index (χ0n) is 27.8. The Bertz CT molecular complexity index is 1570. The van der Waals surface area contributed by atoms with Crippen LogP contribution in [0.2, 0.25) is 0 Å². The molecule has 0 bridgehead atoms. The molecule has 274 valence electrons. The lowest BCUT2D eigenvalue weighted by Gasteiger charge is -2.44. The van der Waals surface area contributed by atoms with Crippen molar-refractivity contribution in [1.82, 2.24) is 5.32 Å². The molecule has 3 aromatic rings. The van der Waals surface area contributed by atoms with E-state index < -0.39 is 52.4 Å². The third-order valence-corrected chi connectivity index (χ3v) is 7.83. The third-order valence-electron chi connectivity index (χ3n) is 7.43. The Kier molecular flexibility index (Phi) is 15.5. The van der Waals surface area contributed by atoms with Gasteiger partial charge in [-0.1, -0.05) is 83.3 Å². The average Bonchev–Trinajstić information content (AvgIpc) is 3.12. The second-order valence-corrected chi connectivity index (χ2v) is 13.9. The lowest BCUT2D eigenvalue weighted by molar-refractivity contribution is -0.305. The summed E-state index contributed by atoms with van der Waals surface area (Å²) in [7, 11) is 1.56. The van der Waals surface area contributed by atoms with Gasteiger partial charge in [-0.3, -0.25) is 10.1 Å². The summed E-state index contributed by atoms with van der Waals surface area (Å²) in [5.41, 5.74) is 1.15. The smallest absolute Gasteiger partial charge is 0.338 e. The van der Waals surface area contributed by atoms with Crippen LogP contribution in [0.4, 0.5) is 0 Å². The number of Topliss-reactive ketones (excluding diaryl/α,β-unsaturated/α-hetero) is 1. The maximum atomic E-state index is 13.6. The molecule has 0 aromatic heterocycles. The monoisotopic (exact) mass is 765 g/mol. The largest absolute Gasteiger partial charge is 0.497 e. The zero-order chi connectivity index (χ0) is 36.8. The highest BCUT2D eigenvalue weighted by Crippen LogP contribution is 2.32. The van der Waals surface area contributed by atoms with E-state index in [0.717, 1.165) is 5.56 Å². The topological polar surface area (TPSA) is 145 Å². The zero-order valence-corrected chi connectivity index (χ0v) is 30.1. The summed E-state index contributed by atoms with van der Waals surface area (Å²) >= 11 is 17.6. The first-order chi connectivity index (χ1) is 24.4. The molecule has 51 heavy (non-hydrogen) atoms. The fourth-order valence-electron chi connectivity index (χ4n) is 4.92. The molecule has 0 unspecified atom stereocenters. The van der Waals surface area contributed by atoms with Crippen LogP contribution in [-0.2, 0) is 44.6 Å². The Balaban J connectivity index is 1.69. The number of rotatable bonds is 17. The number of ketones is 1. The third kappa shape index (κ3) is 13.1. The molecule has 1 fully saturated rings. The minimum atomic E-state index is -1.65. The van der Waals surface area contributed by atoms with Crippen molar-refractivity contribution in [1.29, 1.82) is 0 Å². The fourth-order valence-corrected chi connectivity index (χ4v) is 5.20. The molecule has 0 saturated carbocycles. The van der Waals surface area contributed by atoms with Crippen LogP contribution < -0.4 is 10.1 Å². The molecule has 1 saturated heterocycles. The summed E-state index contributed by atoms with van der Waals surface area (Å²) in [6, 6.07) is 23.3. The number of nitrogens with one attached hydrogen (secondary N) is 1. The Hall–Kier alpha value is -3.75. The van der Waals surface area contributed by atoms with Gasteiger partial charge in [-0.25, -0.2) is 9.59 Å². The Morgan fingerprint density at radius 3 is 1.90 bits per heavy atom. The van der Waals surface area contributed by atoms with E-state index in [1.807, 2.05) is 12.1 Å². The van der Waals surface area contributed by atoms with Crippen LogP contribution in [0.15, 0.2) is 84.9 Å². The highest BCUT2D eigenvalue weighted by Gasteiger charge is 2.53. The van der Waals surface area contributed by atoms with Gasteiger partial charge in [0.2, 0.25) is 10.1 Å². The minimum Gasteiger partial charge on any atom is -0.497 e. The first-order valence-corrected chi connectivity index (χ1v) is 17.0. The highest BCUT2D eigenvalue weighted by atomic mass is 35.6. The van der Waals surface area contributed by atoms with Crippen molar-refractivity contribution in [3.63, 3.8) is 0 Å². The average molecular weight is 767 g/mol. The standard InChI is InChI=1S/C36H38Cl3NO11/c1-23(41)13-18-29(42)49-30-28(20-46-19-24-14-16-27(45-2)17-15-24)48-35(47-22-40-21-36(37,38)39)32(51-34(44)26-11-7-4-8-12-26)31(30)50-33(43)25-9-5-3-6-10-25/h3-12,14-17,28,30-32,35,40H,13,18-22H2,1-2H3/t28-,30-,31+,32-,35-/m1/s1. The van der Waals surface area contributed by atoms with Crippen LogP contribution in [0.25, 0.3) is 0 Å². The summed E-state index contributed by atoms with van der Waals surface area (Å²) in [4.78, 5) is 51.9. The molecule has 5 atom stereocenters. The van der Waals surface area contributed by atoms with Crippen LogP contribution >= 0.6 is 34.8 Å². The molecule has 1 aliphatic heterocycles. The summed E-state index contributed by atoms with van der Waals surface area (Å²) in [5.74, 6) is -1.96. The number of methoxy groups -OCH3 is 1. The van der Waals surface area contributed by atoms with Gasteiger partial charge in [0.15, 0.2) is 18.3 Å². The van der Waals surface area contributed by atoms with Crippen molar-refractivity contribution in [3.8, 4) is 5.75 Å². The Morgan fingerprint density at radius 1 is 0.765 bits per heavy atom. The van der Waals surface area contributed by atoms with Crippen molar-refractivity contribution < 1.29 is 52.3 Å². The van der Waals surface area contributed by atoms with E-state index >= 15 is 0 Å². The molecular formula is C36H38Cl3NO11. The van der Waals surface area contributed by atoms with E-state index in [9.17, 15) is 19.2 Å². The molecule has 0 amide bonds. The van der Waals surface area contributed by atoms with Gasteiger partial charge in [0, 0.05) is 13.0 Å². The van der Waals surface area contributed by atoms with Gasteiger partial charge in [0.05, 0.1) is 37.9 Å².